The molecule has 1 fully saturated rings. The SMILES string of the molecule is CN=C(NCCc1ccc(Cl)nc1)NCc1cccc(NC(=O)C2CCCC2)c1. The number of aliphatic imine (C=N–C) groups is 1. The highest BCUT2D eigenvalue weighted by atomic mass is 35.5. The Morgan fingerprint density at radius 3 is 2.72 bits per heavy atom. The molecule has 3 N–H and O–H groups in total. The van der Waals surface area contributed by atoms with E-state index in [1.54, 1.807) is 19.3 Å². The molecule has 0 atom stereocenters. The molecule has 3 rings (SSSR count). The molecular weight excluding hydrogens is 386 g/mol. The van der Waals surface area contributed by atoms with Gasteiger partial charge in [0.15, 0.2) is 5.96 Å². The maximum atomic E-state index is 12.3. The van der Waals surface area contributed by atoms with Crippen LogP contribution in [0.15, 0.2) is 47.6 Å². The van der Waals surface area contributed by atoms with E-state index in [9.17, 15) is 4.79 Å². The molecule has 7 heteroatoms. The average molecular weight is 414 g/mol. The van der Waals surface area contributed by atoms with Crippen molar-refractivity contribution in [1.82, 2.24) is 15.6 Å². The summed E-state index contributed by atoms with van der Waals surface area (Å²) in [6, 6.07) is 11.7. The molecular formula is C22H28ClN5O. The van der Waals surface area contributed by atoms with Gasteiger partial charge in [-0.1, -0.05) is 42.6 Å². The Hall–Kier alpha value is -2.60. The highest BCUT2D eigenvalue weighted by Gasteiger charge is 2.22. The van der Waals surface area contributed by atoms with Gasteiger partial charge in [-0.05, 0) is 48.6 Å². The Bertz CT molecular complexity index is 831. The molecule has 154 valence electrons. The van der Waals surface area contributed by atoms with Gasteiger partial charge in [-0.2, -0.15) is 0 Å². The second kappa shape index (κ2) is 10.8. The lowest BCUT2D eigenvalue weighted by molar-refractivity contribution is -0.119. The molecule has 1 saturated carbocycles. The molecule has 0 radical (unpaired) electrons. The standard InChI is InChI=1S/C22H28ClN5O/c1-24-22(25-12-11-16-9-10-20(23)26-14-16)27-15-17-5-4-8-19(13-17)28-21(29)18-6-2-3-7-18/h4-5,8-10,13-14,18H,2-3,6-7,11-12,15H2,1H3,(H,28,29)(H2,24,25,27). The predicted molar refractivity (Wildman–Crippen MR) is 118 cm³/mol. The number of carbonyl (C=O) groups excluding carboxylic acids is 1. The number of anilines is 1. The molecule has 0 unspecified atom stereocenters. The summed E-state index contributed by atoms with van der Waals surface area (Å²) in [4.78, 5) is 20.7. The first-order valence-corrected chi connectivity index (χ1v) is 10.5. The van der Waals surface area contributed by atoms with E-state index in [0.717, 1.165) is 61.4 Å². The van der Waals surface area contributed by atoms with Crippen molar-refractivity contribution in [2.45, 2.75) is 38.6 Å². The first-order valence-electron chi connectivity index (χ1n) is 10.1. The van der Waals surface area contributed by atoms with Gasteiger partial charge in [0, 0.05) is 37.9 Å². The molecule has 0 aliphatic heterocycles. The van der Waals surface area contributed by atoms with Crippen LogP contribution < -0.4 is 16.0 Å². The van der Waals surface area contributed by atoms with Crippen molar-refractivity contribution in [3.63, 3.8) is 0 Å². The molecule has 1 aliphatic carbocycles. The summed E-state index contributed by atoms with van der Waals surface area (Å²) in [5.74, 6) is 1.03. The zero-order chi connectivity index (χ0) is 20.5. The first kappa shape index (κ1) is 21.1. The Morgan fingerprint density at radius 2 is 2.00 bits per heavy atom. The van der Waals surface area contributed by atoms with E-state index in [1.807, 2.05) is 30.3 Å². The number of nitrogens with one attached hydrogen (secondary N) is 3. The lowest BCUT2D eigenvalue weighted by Gasteiger charge is -2.14. The van der Waals surface area contributed by atoms with Gasteiger partial charge in [-0.25, -0.2) is 4.98 Å². The molecule has 0 bridgehead atoms. The molecule has 2 aromatic rings. The molecule has 1 aromatic heterocycles. The second-order valence-electron chi connectivity index (χ2n) is 7.26. The van der Waals surface area contributed by atoms with Crippen LogP contribution in [0.4, 0.5) is 5.69 Å². The number of nitrogens with zero attached hydrogens (tertiary/aromatic N) is 2. The molecule has 0 saturated heterocycles. The largest absolute Gasteiger partial charge is 0.356 e. The monoisotopic (exact) mass is 413 g/mol. The third-order valence-corrected chi connectivity index (χ3v) is 5.32. The van der Waals surface area contributed by atoms with Crippen molar-refractivity contribution in [3.8, 4) is 0 Å². The summed E-state index contributed by atoms with van der Waals surface area (Å²) in [6.45, 7) is 1.36. The van der Waals surface area contributed by atoms with Crippen molar-refractivity contribution >= 4 is 29.2 Å². The van der Waals surface area contributed by atoms with Crippen molar-refractivity contribution in [2.75, 3.05) is 18.9 Å². The fraction of sp³-hybridized carbons (Fsp3) is 0.409. The zero-order valence-corrected chi connectivity index (χ0v) is 17.5. The number of hydrogen-bond donors (Lipinski definition) is 3. The Kier molecular flexibility index (Phi) is 7.87. The normalized spacial score (nSPS) is 14.6. The molecule has 1 aromatic carbocycles. The number of benzene rings is 1. The number of amides is 1. The molecule has 6 nitrogen and oxygen atoms in total. The lowest BCUT2D eigenvalue weighted by Crippen LogP contribution is -2.37. The third-order valence-electron chi connectivity index (χ3n) is 5.10. The van der Waals surface area contributed by atoms with Crippen LogP contribution in [0.3, 0.4) is 0 Å². The molecule has 29 heavy (non-hydrogen) atoms. The minimum atomic E-state index is 0.141. The molecule has 1 aliphatic rings. The van der Waals surface area contributed by atoms with Crippen LogP contribution in [0.5, 0.6) is 0 Å². The number of carbonyl (C=O) groups is 1. The minimum Gasteiger partial charge on any atom is -0.356 e. The van der Waals surface area contributed by atoms with Gasteiger partial charge < -0.3 is 16.0 Å². The summed E-state index contributed by atoms with van der Waals surface area (Å²) in [5, 5.41) is 10.2. The maximum Gasteiger partial charge on any atom is 0.227 e. The average Bonchev–Trinajstić information content (AvgIpc) is 3.27. The van der Waals surface area contributed by atoms with E-state index in [-0.39, 0.29) is 11.8 Å². The number of guanidine groups is 1. The number of aromatic nitrogens is 1. The van der Waals surface area contributed by atoms with Crippen LogP contribution in [-0.2, 0) is 17.8 Å². The smallest absolute Gasteiger partial charge is 0.227 e. The molecule has 1 amide bonds. The molecule has 1 heterocycles. The highest BCUT2D eigenvalue weighted by molar-refractivity contribution is 6.29. The van der Waals surface area contributed by atoms with E-state index in [4.69, 9.17) is 11.6 Å². The van der Waals surface area contributed by atoms with Crippen molar-refractivity contribution in [3.05, 3.63) is 58.9 Å². The van der Waals surface area contributed by atoms with E-state index in [2.05, 4.69) is 25.9 Å². The van der Waals surface area contributed by atoms with Crippen molar-refractivity contribution in [2.24, 2.45) is 10.9 Å². The van der Waals surface area contributed by atoms with Gasteiger partial charge in [0.1, 0.15) is 5.15 Å². The summed E-state index contributed by atoms with van der Waals surface area (Å²) in [6.07, 6.45) is 6.92. The lowest BCUT2D eigenvalue weighted by atomic mass is 10.1. The fourth-order valence-electron chi connectivity index (χ4n) is 3.48. The quantitative estimate of drug-likeness (QED) is 0.367. The van der Waals surface area contributed by atoms with Gasteiger partial charge in [0.05, 0.1) is 0 Å². The number of rotatable bonds is 7. The predicted octanol–water partition coefficient (Wildman–Crippen LogP) is 3.77. The van der Waals surface area contributed by atoms with Gasteiger partial charge in [-0.3, -0.25) is 9.79 Å². The van der Waals surface area contributed by atoms with Gasteiger partial charge >= 0.3 is 0 Å². The Balaban J connectivity index is 1.45. The number of hydrogen-bond acceptors (Lipinski definition) is 3. The van der Waals surface area contributed by atoms with Crippen LogP contribution in [-0.4, -0.2) is 30.4 Å². The first-order chi connectivity index (χ1) is 14.1. The van der Waals surface area contributed by atoms with Crippen molar-refractivity contribution < 1.29 is 4.79 Å². The van der Waals surface area contributed by atoms with E-state index in [0.29, 0.717) is 11.7 Å². The fourth-order valence-corrected chi connectivity index (χ4v) is 3.59. The van der Waals surface area contributed by atoms with Gasteiger partial charge in [-0.15, -0.1) is 0 Å². The van der Waals surface area contributed by atoms with Crippen molar-refractivity contribution in [1.29, 1.82) is 0 Å². The summed E-state index contributed by atoms with van der Waals surface area (Å²) in [5.41, 5.74) is 3.04. The van der Waals surface area contributed by atoms with Gasteiger partial charge in [0.25, 0.3) is 0 Å². The second-order valence-corrected chi connectivity index (χ2v) is 7.65. The minimum absolute atomic E-state index is 0.141. The summed E-state index contributed by atoms with van der Waals surface area (Å²) in [7, 11) is 1.75. The number of pyridine rings is 1. The number of halogens is 1. The third kappa shape index (κ3) is 6.75. The Morgan fingerprint density at radius 1 is 1.17 bits per heavy atom. The Labute approximate surface area is 177 Å². The van der Waals surface area contributed by atoms with E-state index < -0.39 is 0 Å². The van der Waals surface area contributed by atoms with Crippen LogP contribution in [0.2, 0.25) is 5.15 Å². The molecule has 0 spiro atoms. The topological polar surface area (TPSA) is 78.4 Å². The maximum absolute atomic E-state index is 12.3. The van der Waals surface area contributed by atoms with Crippen LogP contribution in [0, 0.1) is 5.92 Å². The summed E-state index contributed by atoms with van der Waals surface area (Å²) < 4.78 is 0. The van der Waals surface area contributed by atoms with Crippen LogP contribution >= 0.6 is 11.6 Å². The van der Waals surface area contributed by atoms with E-state index in [1.165, 1.54) is 0 Å². The highest BCUT2D eigenvalue weighted by Crippen LogP contribution is 2.26. The zero-order valence-electron chi connectivity index (χ0n) is 16.7. The van der Waals surface area contributed by atoms with E-state index >= 15 is 0 Å². The van der Waals surface area contributed by atoms with Crippen LogP contribution in [0.1, 0.15) is 36.8 Å². The van der Waals surface area contributed by atoms with Gasteiger partial charge in [0.2, 0.25) is 5.91 Å². The van der Waals surface area contributed by atoms with Crippen LogP contribution in [0.25, 0.3) is 0 Å². The summed E-state index contributed by atoms with van der Waals surface area (Å²) >= 11 is 5.81.